The summed E-state index contributed by atoms with van der Waals surface area (Å²) >= 11 is 6.04. The van der Waals surface area contributed by atoms with Crippen LogP contribution in [0.1, 0.15) is 28.8 Å². The lowest BCUT2D eigenvalue weighted by molar-refractivity contribution is 0.0949. The second-order valence-corrected chi connectivity index (χ2v) is 5.21. The number of nitrogens with one attached hydrogen (secondary N) is 1. The van der Waals surface area contributed by atoms with E-state index in [2.05, 4.69) is 5.32 Å². The molecule has 5 heteroatoms. The molecule has 1 saturated carbocycles. The number of benzene rings is 1. The molecule has 0 aliphatic heterocycles. The third kappa shape index (κ3) is 2.99. The SMILES string of the molecule is Cc1cc(C(=O)NCC(Cl)C2CC2)c(F)cc1F. The van der Waals surface area contributed by atoms with Gasteiger partial charge in [0.15, 0.2) is 0 Å². The molecular weight excluding hydrogens is 260 g/mol. The number of aryl methyl sites for hydroxylation is 1. The van der Waals surface area contributed by atoms with Gasteiger partial charge >= 0.3 is 0 Å². The first kappa shape index (κ1) is 13.3. The molecule has 1 aliphatic carbocycles. The lowest BCUT2D eigenvalue weighted by Crippen LogP contribution is -2.31. The summed E-state index contributed by atoms with van der Waals surface area (Å²) in [6, 6.07) is 1.93. The van der Waals surface area contributed by atoms with E-state index in [-0.39, 0.29) is 16.5 Å². The Kier molecular flexibility index (Phi) is 3.85. The Labute approximate surface area is 109 Å². The molecule has 0 heterocycles. The van der Waals surface area contributed by atoms with Crippen LogP contribution in [0.15, 0.2) is 12.1 Å². The van der Waals surface area contributed by atoms with E-state index in [0.717, 1.165) is 18.9 Å². The van der Waals surface area contributed by atoms with Gasteiger partial charge in [0.05, 0.1) is 10.9 Å². The smallest absolute Gasteiger partial charge is 0.254 e. The molecule has 18 heavy (non-hydrogen) atoms. The maximum absolute atomic E-state index is 13.4. The summed E-state index contributed by atoms with van der Waals surface area (Å²) in [6.07, 6.45) is 2.15. The number of carbonyl (C=O) groups excluding carboxylic acids is 1. The van der Waals surface area contributed by atoms with Crippen molar-refractivity contribution in [1.82, 2.24) is 5.32 Å². The van der Waals surface area contributed by atoms with Crippen LogP contribution in [0.3, 0.4) is 0 Å². The Morgan fingerprint density at radius 1 is 1.44 bits per heavy atom. The molecule has 1 amide bonds. The molecule has 0 aromatic heterocycles. The normalized spacial score (nSPS) is 16.4. The lowest BCUT2D eigenvalue weighted by Gasteiger charge is -2.10. The zero-order valence-electron chi connectivity index (χ0n) is 9.97. The third-order valence-electron chi connectivity index (χ3n) is 3.08. The molecule has 1 atom stereocenters. The van der Waals surface area contributed by atoms with Crippen LogP contribution in [0.2, 0.25) is 0 Å². The standard InChI is InChI=1S/C13H14ClF2NO/c1-7-4-9(12(16)5-11(7)15)13(18)17-6-10(14)8-2-3-8/h4-5,8,10H,2-3,6H2,1H3,(H,17,18). The van der Waals surface area contributed by atoms with Crippen LogP contribution in [-0.4, -0.2) is 17.8 Å². The molecule has 2 nitrogen and oxygen atoms in total. The Morgan fingerprint density at radius 2 is 2.11 bits per heavy atom. The Morgan fingerprint density at radius 3 is 2.72 bits per heavy atom. The van der Waals surface area contributed by atoms with Crippen molar-refractivity contribution in [3.8, 4) is 0 Å². The van der Waals surface area contributed by atoms with E-state index < -0.39 is 17.5 Å². The van der Waals surface area contributed by atoms with Crippen LogP contribution in [0.25, 0.3) is 0 Å². The van der Waals surface area contributed by atoms with Crippen molar-refractivity contribution in [3.63, 3.8) is 0 Å². The molecule has 1 N–H and O–H groups in total. The minimum absolute atomic E-state index is 0.112. The van der Waals surface area contributed by atoms with E-state index in [4.69, 9.17) is 11.6 Å². The Bertz CT molecular complexity index is 474. The molecule has 1 unspecified atom stereocenters. The second kappa shape index (κ2) is 5.22. The quantitative estimate of drug-likeness (QED) is 0.840. The summed E-state index contributed by atoms with van der Waals surface area (Å²) in [7, 11) is 0. The van der Waals surface area contributed by atoms with E-state index >= 15 is 0 Å². The van der Waals surface area contributed by atoms with Gasteiger partial charge in [-0.1, -0.05) is 0 Å². The van der Waals surface area contributed by atoms with Crippen molar-refractivity contribution in [1.29, 1.82) is 0 Å². The van der Waals surface area contributed by atoms with E-state index in [0.29, 0.717) is 12.5 Å². The highest BCUT2D eigenvalue weighted by Gasteiger charge is 2.30. The summed E-state index contributed by atoms with van der Waals surface area (Å²) in [5.41, 5.74) is 0.0970. The summed E-state index contributed by atoms with van der Waals surface area (Å²) in [5, 5.41) is 2.46. The number of halogens is 3. The summed E-state index contributed by atoms with van der Waals surface area (Å²) in [6.45, 7) is 1.79. The summed E-state index contributed by atoms with van der Waals surface area (Å²) in [4.78, 5) is 11.7. The Hall–Kier alpha value is -1.16. The number of hydrogen-bond donors (Lipinski definition) is 1. The molecule has 0 spiro atoms. The molecule has 98 valence electrons. The summed E-state index contributed by atoms with van der Waals surface area (Å²) < 4.78 is 26.5. The van der Waals surface area contributed by atoms with Crippen LogP contribution in [0.5, 0.6) is 0 Å². The van der Waals surface area contributed by atoms with E-state index in [1.165, 1.54) is 13.0 Å². The first-order chi connectivity index (χ1) is 8.49. The average molecular weight is 274 g/mol. The fourth-order valence-electron chi connectivity index (χ4n) is 1.74. The molecule has 1 aromatic rings. The van der Waals surface area contributed by atoms with Gasteiger partial charge in [0.1, 0.15) is 11.6 Å². The average Bonchev–Trinajstić information content (AvgIpc) is 3.14. The number of alkyl halides is 1. The Balaban J connectivity index is 2.01. The fourth-order valence-corrected chi connectivity index (χ4v) is 2.07. The van der Waals surface area contributed by atoms with Crippen molar-refractivity contribution < 1.29 is 13.6 Å². The van der Waals surface area contributed by atoms with Crippen LogP contribution >= 0.6 is 11.6 Å². The highest BCUT2D eigenvalue weighted by Crippen LogP contribution is 2.35. The van der Waals surface area contributed by atoms with Crippen LogP contribution < -0.4 is 5.32 Å². The third-order valence-corrected chi connectivity index (χ3v) is 3.59. The monoisotopic (exact) mass is 273 g/mol. The fraction of sp³-hybridized carbons (Fsp3) is 0.462. The van der Waals surface area contributed by atoms with Crippen LogP contribution in [0.4, 0.5) is 8.78 Å². The van der Waals surface area contributed by atoms with Crippen molar-refractivity contribution in [2.75, 3.05) is 6.54 Å². The molecule has 0 radical (unpaired) electrons. The maximum Gasteiger partial charge on any atom is 0.254 e. The minimum atomic E-state index is -0.854. The zero-order valence-corrected chi connectivity index (χ0v) is 10.7. The van der Waals surface area contributed by atoms with Gasteiger partial charge in [-0.3, -0.25) is 4.79 Å². The van der Waals surface area contributed by atoms with Crippen molar-refractivity contribution >= 4 is 17.5 Å². The maximum atomic E-state index is 13.4. The molecule has 1 aliphatic rings. The van der Waals surface area contributed by atoms with Gasteiger partial charge in [-0.15, -0.1) is 11.6 Å². The van der Waals surface area contributed by atoms with Gasteiger partial charge in [-0.2, -0.15) is 0 Å². The molecule has 1 fully saturated rings. The van der Waals surface area contributed by atoms with Gasteiger partial charge < -0.3 is 5.32 Å². The molecule has 2 rings (SSSR count). The highest BCUT2D eigenvalue weighted by molar-refractivity contribution is 6.21. The number of rotatable bonds is 4. The minimum Gasteiger partial charge on any atom is -0.350 e. The number of hydrogen-bond acceptors (Lipinski definition) is 1. The van der Waals surface area contributed by atoms with Gasteiger partial charge in [0, 0.05) is 12.6 Å². The largest absolute Gasteiger partial charge is 0.350 e. The topological polar surface area (TPSA) is 29.1 Å². The predicted molar refractivity (Wildman–Crippen MR) is 65.8 cm³/mol. The van der Waals surface area contributed by atoms with Gasteiger partial charge in [-0.05, 0) is 37.3 Å². The van der Waals surface area contributed by atoms with Crippen LogP contribution in [0, 0.1) is 24.5 Å². The number of amides is 1. The zero-order chi connectivity index (χ0) is 13.3. The van der Waals surface area contributed by atoms with Crippen molar-refractivity contribution in [2.24, 2.45) is 5.92 Å². The second-order valence-electron chi connectivity index (χ2n) is 4.64. The first-order valence-corrected chi connectivity index (χ1v) is 6.30. The molecular formula is C13H14ClF2NO. The first-order valence-electron chi connectivity index (χ1n) is 5.87. The van der Waals surface area contributed by atoms with E-state index in [1.54, 1.807) is 0 Å². The van der Waals surface area contributed by atoms with E-state index in [9.17, 15) is 13.6 Å². The lowest BCUT2D eigenvalue weighted by atomic mass is 10.1. The van der Waals surface area contributed by atoms with Crippen molar-refractivity contribution in [3.05, 3.63) is 34.9 Å². The van der Waals surface area contributed by atoms with Crippen molar-refractivity contribution in [2.45, 2.75) is 25.1 Å². The van der Waals surface area contributed by atoms with Gasteiger partial charge in [0.2, 0.25) is 0 Å². The highest BCUT2D eigenvalue weighted by atomic mass is 35.5. The van der Waals surface area contributed by atoms with Gasteiger partial charge in [0.25, 0.3) is 5.91 Å². The molecule has 0 saturated heterocycles. The predicted octanol–water partition coefficient (Wildman–Crippen LogP) is 3.02. The van der Waals surface area contributed by atoms with Crippen LogP contribution in [-0.2, 0) is 0 Å². The number of carbonyl (C=O) groups is 1. The molecule has 1 aromatic carbocycles. The van der Waals surface area contributed by atoms with E-state index in [1.807, 2.05) is 0 Å². The molecule has 0 bridgehead atoms. The van der Waals surface area contributed by atoms with Gasteiger partial charge in [-0.25, -0.2) is 8.78 Å². The summed E-state index contributed by atoms with van der Waals surface area (Å²) in [5.74, 6) is -1.61.